The molecule has 0 saturated heterocycles. The minimum absolute atomic E-state index is 0.00807. The summed E-state index contributed by atoms with van der Waals surface area (Å²) in [5.41, 5.74) is -0.626. The van der Waals surface area contributed by atoms with Crippen LogP contribution in [0.1, 0.15) is 48.0 Å². The maximum atomic E-state index is 15.5. The monoisotopic (exact) mass is 664 g/mol. The zero-order chi connectivity index (χ0) is 32.8. The van der Waals surface area contributed by atoms with Crippen molar-refractivity contribution < 1.29 is 33.3 Å². The van der Waals surface area contributed by atoms with E-state index >= 15 is 4.39 Å². The van der Waals surface area contributed by atoms with Gasteiger partial charge >= 0.3 is 6.09 Å². The van der Waals surface area contributed by atoms with Crippen molar-refractivity contribution in [3.05, 3.63) is 75.0 Å². The van der Waals surface area contributed by atoms with Gasteiger partial charge in [-0.05, 0) is 56.6 Å². The molecule has 1 heterocycles. The van der Waals surface area contributed by atoms with Gasteiger partial charge in [0.2, 0.25) is 0 Å². The highest BCUT2D eigenvalue weighted by Gasteiger charge is 2.37. The molecule has 3 rings (SSSR count). The van der Waals surface area contributed by atoms with Gasteiger partial charge in [-0.3, -0.25) is 4.79 Å². The Morgan fingerprint density at radius 1 is 1.18 bits per heavy atom. The number of nitrogens with zero attached hydrogens (tertiary/aromatic N) is 4. The Balaban J connectivity index is 1.81. The number of nitriles is 1. The van der Waals surface area contributed by atoms with Crippen molar-refractivity contribution in [2.24, 2.45) is 0 Å². The van der Waals surface area contributed by atoms with E-state index in [9.17, 15) is 20.0 Å². The minimum atomic E-state index is -1.33. The van der Waals surface area contributed by atoms with Crippen LogP contribution < -0.4 is 4.74 Å². The molecular weight excluding hydrogens is 630 g/mol. The van der Waals surface area contributed by atoms with Crippen LogP contribution in [0.3, 0.4) is 0 Å². The summed E-state index contributed by atoms with van der Waals surface area (Å²) >= 11 is 12.5. The van der Waals surface area contributed by atoms with Crippen molar-refractivity contribution in [3.8, 4) is 17.6 Å². The summed E-state index contributed by atoms with van der Waals surface area (Å²) in [5, 5.41) is 18.5. The first-order chi connectivity index (χ1) is 20.6. The number of imide groups is 1. The molecule has 0 fully saturated rings. The highest BCUT2D eigenvalue weighted by molar-refractivity contribution is 6.76. The number of amides is 2. The summed E-state index contributed by atoms with van der Waals surface area (Å²) in [4.78, 5) is 31.9. The molecule has 2 aromatic carbocycles. The van der Waals surface area contributed by atoms with Crippen molar-refractivity contribution in [3.63, 3.8) is 0 Å². The number of rotatable bonds is 11. The second kappa shape index (κ2) is 14.5. The second-order valence-electron chi connectivity index (χ2n) is 12.2. The summed E-state index contributed by atoms with van der Waals surface area (Å²) < 4.78 is 33.8. The number of ether oxygens (including phenoxy) is 3. The SMILES string of the molecule is CC(C)(C)N(C(=O)OCc1ccc(Cl)c(Oc2cc(C#N)cc(CO)c2)c1F)C(=O)c1c(Cl)ncn1COCC[Si](C)(C)C. The fourth-order valence-corrected chi connectivity index (χ4v) is 5.13. The third-order valence-electron chi connectivity index (χ3n) is 6.26. The van der Waals surface area contributed by atoms with Crippen LogP contribution in [0, 0.1) is 17.1 Å². The van der Waals surface area contributed by atoms with Crippen LogP contribution in [0.25, 0.3) is 0 Å². The van der Waals surface area contributed by atoms with Crippen molar-refractivity contribution >= 4 is 43.3 Å². The Kier molecular flexibility index (Phi) is 11.6. The Hall–Kier alpha value is -3.47. The molecule has 3 aromatic rings. The van der Waals surface area contributed by atoms with Gasteiger partial charge in [0.15, 0.2) is 16.7 Å². The zero-order valence-corrected chi connectivity index (χ0v) is 27.9. The molecule has 0 spiro atoms. The summed E-state index contributed by atoms with van der Waals surface area (Å²) in [6.07, 6.45) is 0.313. The number of aliphatic hydroxyl groups excluding tert-OH is 1. The number of aliphatic hydroxyl groups is 1. The third kappa shape index (κ3) is 9.03. The van der Waals surface area contributed by atoms with Crippen LogP contribution in [-0.4, -0.2) is 51.8 Å². The van der Waals surface area contributed by atoms with Gasteiger partial charge in [0.1, 0.15) is 24.8 Å². The van der Waals surface area contributed by atoms with Gasteiger partial charge in [0.25, 0.3) is 5.91 Å². The fraction of sp³-hybridized carbons (Fsp3) is 0.400. The van der Waals surface area contributed by atoms with Crippen molar-refractivity contribution in [2.45, 2.75) is 71.9 Å². The van der Waals surface area contributed by atoms with E-state index < -0.39 is 38.0 Å². The highest BCUT2D eigenvalue weighted by Crippen LogP contribution is 2.35. The second-order valence-corrected chi connectivity index (χ2v) is 18.5. The number of hydrogen-bond acceptors (Lipinski definition) is 8. The van der Waals surface area contributed by atoms with E-state index in [0.29, 0.717) is 12.2 Å². The number of halogens is 3. The van der Waals surface area contributed by atoms with E-state index in [4.69, 9.17) is 37.4 Å². The molecule has 14 heteroatoms. The molecule has 2 amide bonds. The maximum Gasteiger partial charge on any atom is 0.417 e. The number of benzene rings is 2. The number of carbonyl (C=O) groups is 2. The molecule has 236 valence electrons. The van der Waals surface area contributed by atoms with E-state index in [-0.39, 0.29) is 51.8 Å². The van der Waals surface area contributed by atoms with E-state index in [2.05, 4.69) is 24.6 Å². The van der Waals surface area contributed by atoms with E-state index in [1.54, 1.807) is 20.8 Å². The quantitative estimate of drug-likeness (QED) is 0.166. The van der Waals surface area contributed by atoms with Crippen LogP contribution in [0.5, 0.6) is 11.5 Å². The molecule has 44 heavy (non-hydrogen) atoms. The maximum absolute atomic E-state index is 15.5. The molecule has 10 nitrogen and oxygen atoms in total. The zero-order valence-electron chi connectivity index (χ0n) is 25.4. The molecule has 0 aliphatic carbocycles. The summed E-state index contributed by atoms with van der Waals surface area (Å²) in [6.45, 7) is 11.1. The first kappa shape index (κ1) is 35.0. The molecule has 0 aliphatic heterocycles. The largest absolute Gasteiger partial charge is 0.453 e. The molecule has 0 unspecified atom stereocenters. The van der Waals surface area contributed by atoms with Gasteiger partial charge in [0.05, 0.1) is 29.6 Å². The standard InChI is InChI=1S/C30H35Cl2FN4O6Si/c1-30(2,3)37(28(39)25-27(32)35-17-36(25)18-41-9-10-44(4,5)6)29(40)42-16-21-7-8-23(31)26(24(21)33)43-22-12-19(14-34)11-20(13-22)15-38/h7-8,11-13,17,38H,9-10,15-16,18H2,1-6H3. The van der Waals surface area contributed by atoms with Gasteiger partial charge in [0, 0.05) is 25.8 Å². The fourth-order valence-electron chi connectivity index (χ4n) is 3.95. The minimum Gasteiger partial charge on any atom is -0.453 e. The average Bonchev–Trinajstić information content (AvgIpc) is 3.31. The molecule has 0 bridgehead atoms. The molecule has 0 atom stereocenters. The Bertz CT molecular complexity index is 1560. The van der Waals surface area contributed by atoms with Crippen LogP contribution >= 0.6 is 23.2 Å². The lowest BCUT2D eigenvalue weighted by molar-refractivity contribution is 0.0415. The molecule has 0 radical (unpaired) electrons. The lowest BCUT2D eigenvalue weighted by Gasteiger charge is -2.33. The van der Waals surface area contributed by atoms with E-state index in [1.807, 2.05) is 6.07 Å². The number of imidazole rings is 1. The molecule has 0 saturated carbocycles. The Labute approximate surface area is 266 Å². The van der Waals surface area contributed by atoms with Crippen LogP contribution in [0.15, 0.2) is 36.7 Å². The van der Waals surface area contributed by atoms with Gasteiger partial charge in [-0.25, -0.2) is 19.1 Å². The number of hydrogen-bond donors (Lipinski definition) is 1. The Morgan fingerprint density at radius 2 is 1.89 bits per heavy atom. The van der Waals surface area contributed by atoms with Gasteiger partial charge < -0.3 is 23.9 Å². The van der Waals surface area contributed by atoms with E-state index in [0.717, 1.165) is 10.9 Å². The van der Waals surface area contributed by atoms with Crippen molar-refractivity contribution in [1.82, 2.24) is 14.5 Å². The summed E-state index contributed by atoms with van der Waals surface area (Å²) in [6, 6.07) is 9.79. The summed E-state index contributed by atoms with van der Waals surface area (Å²) in [5.74, 6) is -1.97. The van der Waals surface area contributed by atoms with Gasteiger partial charge in [-0.2, -0.15) is 5.26 Å². The van der Waals surface area contributed by atoms with Crippen molar-refractivity contribution in [1.29, 1.82) is 5.26 Å². The van der Waals surface area contributed by atoms with Crippen LogP contribution in [-0.2, 0) is 29.4 Å². The highest BCUT2D eigenvalue weighted by atomic mass is 35.5. The van der Waals surface area contributed by atoms with E-state index in [1.165, 1.54) is 41.2 Å². The topological polar surface area (TPSA) is 127 Å². The number of carbonyl (C=O) groups excluding carboxylic acids is 2. The van der Waals surface area contributed by atoms with Crippen LogP contribution in [0.2, 0.25) is 35.9 Å². The predicted octanol–water partition coefficient (Wildman–Crippen LogP) is 7.38. The lowest BCUT2D eigenvalue weighted by Crippen LogP contribution is -2.50. The molecule has 1 N–H and O–H groups in total. The first-order valence-electron chi connectivity index (χ1n) is 13.6. The molecular formula is C30H35Cl2FN4O6Si. The molecule has 0 aliphatic rings. The van der Waals surface area contributed by atoms with Gasteiger partial charge in [-0.15, -0.1) is 0 Å². The average molecular weight is 666 g/mol. The molecule has 1 aromatic heterocycles. The lowest BCUT2D eigenvalue weighted by atomic mass is 10.1. The number of aromatic nitrogens is 2. The first-order valence-corrected chi connectivity index (χ1v) is 18.1. The third-order valence-corrected chi connectivity index (χ3v) is 8.54. The predicted molar refractivity (Wildman–Crippen MR) is 166 cm³/mol. The smallest absolute Gasteiger partial charge is 0.417 e. The van der Waals surface area contributed by atoms with Crippen LogP contribution in [0.4, 0.5) is 9.18 Å². The Morgan fingerprint density at radius 3 is 2.50 bits per heavy atom. The van der Waals surface area contributed by atoms with Gasteiger partial charge in [-0.1, -0.05) is 48.9 Å². The van der Waals surface area contributed by atoms with Crippen molar-refractivity contribution in [2.75, 3.05) is 6.61 Å². The normalized spacial score (nSPS) is 11.7. The summed E-state index contributed by atoms with van der Waals surface area (Å²) in [7, 11) is -1.33.